The molecule has 4 nitrogen and oxygen atoms in total. The van der Waals surface area contributed by atoms with Crippen LogP contribution in [0.15, 0.2) is 48.5 Å². The Morgan fingerprint density at radius 2 is 1.95 bits per heavy atom. The summed E-state index contributed by atoms with van der Waals surface area (Å²) in [7, 11) is 0. The summed E-state index contributed by atoms with van der Waals surface area (Å²) in [4.78, 5) is 12.0. The van der Waals surface area contributed by atoms with E-state index >= 15 is 0 Å². The van der Waals surface area contributed by atoms with Crippen molar-refractivity contribution >= 4 is 17.6 Å². The van der Waals surface area contributed by atoms with E-state index in [9.17, 15) is 4.79 Å². The lowest BCUT2D eigenvalue weighted by Crippen LogP contribution is -2.47. The predicted molar refractivity (Wildman–Crippen MR) is 86.3 cm³/mol. The molecule has 2 amide bonds. The van der Waals surface area contributed by atoms with Gasteiger partial charge >= 0.3 is 6.03 Å². The Bertz CT molecular complexity index is 675. The van der Waals surface area contributed by atoms with Gasteiger partial charge in [-0.3, -0.25) is 0 Å². The fraction of sp³-hybridized carbons (Fsp3) is 0.235. The van der Waals surface area contributed by atoms with Gasteiger partial charge < -0.3 is 15.4 Å². The summed E-state index contributed by atoms with van der Waals surface area (Å²) in [6.45, 7) is 0.881. The highest BCUT2D eigenvalue weighted by atomic mass is 35.5. The van der Waals surface area contributed by atoms with E-state index < -0.39 is 0 Å². The Labute approximate surface area is 134 Å². The molecule has 22 heavy (non-hydrogen) atoms. The average Bonchev–Trinajstić information content (AvgIpc) is 2.54. The van der Waals surface area contributed by atoms with Gasteiger partial charge in [0, 0.05) is 11.6 Å². The normalized spacial score (nSPS) is 16.3. The third-order valence-corrected chi connectivity index (χ3v) is 3.98. The van der Waals surface area contributed by atoms with Crippen LogP contribution in [-0.2, 0) is 13.0 Å². The zero-order valence-corrected chi connectivity index (χ0v) is 12.8. The van der Waals surface area contributed by atoms with Crippen molar-refractivity contribution in [2.75, 3.05) is 6.61 Å². The van der Waals surface area contributed by atoms with E-state index in [-0.39, 0.29) is 12.1 Å². The SMILES string of the molecule is O=C(NCc1ccccc1Cl)NC1COc2ccccc2C1. The summed E-state index contributed by atoms with van der Waals surface area (Å²) in [5.74, 6) is 0.900. The maximum Gasteiger partial charge on any atom is 0.315 e. The Morgan fingerprint density at radius 1 is 1.18 bits per heavy atom. The molecule has 1 atom stereocenters. The molecule has 114 valence electrons. The lowest BCUT2D eigenvalue weighted by atomic mass is 10.0. The lowest BCUT2D eigenvalue weighted by Gasteiger charge is -2.26. The number of benzene rings is 2. The Kier molecular flexibility index (Phi) is 4.49. The van der Waals surface area contributed by atoms with Gasteiger partial charge in [0.1, 0.15) is 12.4 Å². The van der Waals surface area contributed by atoms with Crippen molar-refractivity contribution in [2.24, 2.45) is 0 Å². The van der Waals surface area contributed by atoms with E-state index in [4.69, 9.17) is 16.3 Å². The molecule has 0 fully saturated rings. The van der Waals surface area contributed by atoms with Gasteiger partial charge in [0.2, 0.25) is 0 Å². The minimum absolute atomic E-state index is 0.0267. The largest absolute Gasteiger partial charge is 0.491 e. The molecule has 0 aromatic heterocycles. The van der Waals surface area contributed by atoms with Gasteiger partial charge in [-0.25, -0.2) is 4.79 Å². The molecule has 1 unspecified atom stereocenters. The molecular formula is C17H17ClN2O2. The summed E-state index contributed by atoms with van der Waals surface area (Å²) in [6, 6.07) is 15.1. The van der Waals surface area contributed by atoms with Gasteiger partial charge in [-0.05, 0) is 29.7 Å². The van der Waals surface area contributed by atoms with Crippen LogP contribution in [0.5, 0.6) is 5.75 Å². The molecule has 0 radical (unpaired) electrons. The predicted octanol–water partition coefficient (Wildman–Crippen LogP) is 3.14. The van der Waals surface area contributed by atoms with Crippen molar-refractivity contribution in [3.8, 4) is 5.75 Å². The van der Waals surface area contributed by atoms with Gasteiger partial charge in [-0.1, -0.05) is 48.0 Å². The van der Waals surface area contributed by atoms with Crippen LogP contribution in [-0.4, -0.2) is 18.7 Å². The summed E-state index contributed by atoms with van der Waals surface area (Å²) in [5.41, 5.74) is 2.01. The van der Waals surface area contributed by atoms with E-state index in [1.54, 1.807) is 0 Å². The van der Waals surface area contributed by atoms with Crippen LogP contribution >= 0.6 is 11.6 Å². The first kappa shape index (κ1) is 14.7. The van der Waals surface area contributed by atoms with Crippen molar-refractivity contribution in [3.63, 3.8) is 0 Å². The van der Waals surface area contributed by atoms with Crippen LogP contribution in [0.3, 0.4) is 0 Å². The monoisotopic (exact) mass is 316 g/mol. The fourth-order valence-electron chi connectivity index (χ4n) is 2.47. The lowest BCUT2D eigenvalue weighted by molar-refractivity contribution is 0.214. The molecule has 3 rings (SSSR count). The number of urea groups is 1. The second-order valence-electron chi connectivity index (χ2n) is 5.24. The molecule has 1 heterocycles. The molecule has 0 bridgehead atoms. The zero-order valence-electron chi connectivity index (χ0n) is 12.0. The molecule has 2 aromatic carbocycles. The summed E-state index contributed by atoms with van der Waals surface area (Å²) < 4.78 is 5.66. The molecule has 2 aromatic rings. The summed E-state index contributed by atoms with van der Waals surface area (Å²) in [6.07, 6.45) is 0.773. The highest BCUT2D eigenvalue weighted by molar-refractivity contribution is 6.31. The number of hydrogen-bond acceptors (Lipinski definition) is 2. The van der Waals surface area contributed by atoms with Gasteiger partial charge in [0.15, 0.2) is 0 Å². The van der Waals surface area contributed by atoms with Crippen LogP contribution in [0.2, 0.25) is 5.02 Å². The van der Waals surface area contributed by atoms with E-state index in [2.05, 4.69) is 10.6 Å². The third kappa shape index (κ3) is 3.52. The highest BCUT2D eigenvalue weighted by Crippen LogP contribution is 2.23. The first-order valence-corrected chi connectivity index (χ1v) is 7.58. The molecule has 0 spiro atoms. The number of nitrogens with one attached hydrogen (secondary N) is 2. The minimum Gasteiger partial charge on any atom is -0.491 e. The van der Waals surface area contributed by atoms with Gasteiger partial charge in [-0.2, -0.15) is 0 Å². The number of ether oxygens (including phenoxy) is 1. The molecular weight excluding hydrogens is 300 g/mol. The fourth-order valence-corrected chi connectivity index (χ4v) is 2.68. The molecule has 0 saturated carbocycles. The van der Waals surface area contributed by atoms with Crippen molar-refractivity contribution in [2.45, 2.75) is 19.0 Å². The number of halogens is 1. The average molecular weight is 317 g/mol. The second-order valence-corrected chi connectivity index (χ2v) is 5.65. The van der Waals surface area contributed by atoms with Crippen molar-refractivity contribution in [3.05, 3.63) is 64.7 Å². The number of amides is 2. The molecule has 0 saturated heterocycles. The van der Waals surface area contributed by atoms with E-state index in [1.807, 2.05) is 48.5 Å². The number of rotatable bonds is 3. The number of hydrogen-bond donors (Lipinski definition) is 2. The number of carbonyl (C=O) groups is 1. The maximum atomic E-state index is 12.0. The zero-order chi connectivity index (χ0) is 15.4. The summed E-state index contributed by atoms with van der Waals surface area (Å²) >= 11 is 6.06. The standard InChI is InChI=1S/C17H17ClN2O2/c18-15-7-3-1-6-13(15)10-19-17(21)20-14-9-12-5-2-4-8-16(12)22-11-14/h1-8,14H,9-11H2,(H2,19,20,21). The smallest absolute Gasteiger partial charge is 0.315 e. The highest BCUT2D eigenvalue weighted by Gasteiger charge is 2.20. The number of fused-ring (bicyclic) bond motifs is 1. The van der Waals surface area contributed by atoms with Crippen LogP contribution in [0.1, 0.15) is 11.1 Å². The van der Waals surface area contributed by atoms with Crippen LogP contribution in [0.25, 0.3) is 0 Å². The van der Waals surface area contributed by atoms with E-state index in [0.29, 0.717) is 18.2 Å². The van der Waals surface area contributed by atoms with Gasteiger partial charge in [-0.15, -0.1) is 0 Å². The number of para-hydroxylation sites is 1. The van der Waals surface area contributed by atoms with Crippen molar-refractivity contribution in [1.29, 1.82) is 0 Å². The van der Waals surface area contributed by atoms with Crippen LogP contribution in [0, 0.1) is 0 Å². The van der Waals surface area contributed by atoms with E-state index in [0.717, 1.165) is 23.3 Å². The maximum absolute atomic E-state index is 12.0. The topological polar surface area (TPSA) is 50.4 Å². The third-order valence-electron chi connectivity index (χ3n) is 3.61. The Hall–Kier alpha value is -2.20. The van der Waals surface area contributed by atoms with E-state index in [1.165, 1.54) is 0 Å². The molecule has 1 aliphatic heterocycles. The van der Waals surface area contributed by atoms with Crippen molar-refractivity contribution < 1.29 is 9.53 Å². The Morgan fingerprint density at radius 3 is 2.82 bits per heavy atom. The van der Waals surface area contributed by atoms with Gasteiger partial charge in [0.25, 0.3) is 0 Å². The van der Waals surface area contributed by atoms with Gasteiger partial charge in [0.05, 0.1) is 6.04 Å². The first-order valence-electron chi connectivity index (χ1n) is 7.21. The minimum atomic E-state index is -0.215. The molecule has 2 N–H and O–H groups in total. The molecule has 5 heteroatoms. The second kappa shape index (κ2) is 6.71. The summed E-state index contributed by atoms with van der Waals surface area (Å²) in [5, 5.41) is 6.40. The van der Waals surface area contributed by atoms with Crippen LogP contribution in [0.4, 0.5) is 4.79 Å². The van der Waals surface area contributed by atoms with Crippen LogP contribution < -0.4 is 15.4 Å². The number of carbonyl (C=O) groups excluding carboxylic acids is 1. The molecule has 1 aliphatic rings. The quantitative estimate of drug-likeness (QED) is 0.914. The van der Waals surface area contributed by atoms with Crippen molar-refractivity contribution in [1.82, 2.24) is 10.6 Å². The molecule has 0 aliphatic carbocycles. The first-order chi connectivity index (χ1) is 10.7. The Balaban J connectivity index is 1.52.